The van der Waals surface area contributed by atoms with E-state index in [0.717, 1.165) is 27.1 Å². The van der Waals surface area contributed by atoms with Crippen LogP contribution in [0, 0.1) is 0 Å². The van der Waals surface area contributed by atoms with Crippen molar-refractivity contribution < 1.29 is 14.3 Å². The Balaban J connectivity index is 2.03. The van der Waals surface area contributed by atoms with Crippen LogP contribution in [0.3, 0.4) is 0 Å². The molecule has 0 aromatic heterocycles. The number of carbonyl (C=O) groups is 1. The van der Waals surface area contributed by atoms with Gasteiger partial charge >= 0.3 is 0 Å². The van der Waals surface area contributed by atoms with Gasteiger partial charge in [-0.05, 0) is 52.7 Å². The highest BCUT2D eigenvalue weighted by molar-refractivity contribution is 9.10. The van der Waals surface area contributed by atoms with Crippen LogP contribution in [0.1, 0.15) is 24.1 Å². The van der Waals surface area contributed by atoms with Gasteiger partial charge in [0.25, 0.3) is 0 Å². The fourth-order valence-electron chi connectivity index (χ4n) is 2.27. The second kappa shape index (κ2) is 8.55. The fourth-order valence-corrected chi connectivity index (χ4v) is 2.82. The molecule has 1 amide bonds. The molecule has 2 aromatic rings. The molecule has 0 saturated carbocycles. The largest absolute Gasteiger partial charge is 0.496 e. The summed E-state index contributed by atoms with van der Waals surface area (Å²) in [5.74, 6) is 1.32. The van der Waals surface area contributed by atoms with Crippen molar-refractivity contribution >= 4 is 27.9 Å². The molecule has 0 unspecified atom stereocenters. The molecule has 5 heteroatoms. The van der Waals surface area contributed by atoms with Crippen molar-refractivity contribution in [2.75, 3.05) is 14.2 Å². The monoisotopic (exact) mass is 389 g/mol. The summed E-state index contributed by atoms with van der Waals surface area (Å²) in [6, 6.07) is 13.2. The summed E-state index contributed by atoms with van der Waals surface area (Å²) >= 11 is 3.45. The molecule has 0 bridgehead atoms. The Labute approximate surface area is 150 Å². The van der Waals surface area contributed by atoms with Crippen LogP contribution in [0.2, 0.25) is 0 Å². The number of methoxy groups -OCH3 is 2. The van der Waals surface area contributed by atoms with Crippen LogP contribution in [-0.4, -0.2) is 20.1 Å². The summed E-state index contributed by atoms with van der Waals surface area (Å²) in [5.41, 5.74) is 1.84. The summed E-state index contributed by atoms with van der Waals surface area (Å²) in [6.45, 7) is 1.93. The normalized spacial score (nSPS) is 12.0. The number of rotatable bonds is 6. The third-order valence-corrected chi connectivity index (χ3v) is 4.21. The molecule has 0 saturated heterocycles. The zero-order valence-electron chi connectivity index (χ0n) is 13.9. The van der Waals surface area contributed by atoms with Crippen LogP contribution in [-0.2, 0) is 4.79 Å². The molecule has 126 valence electrons. The molecule has 1 N–H and O–H groups in total. The quantitative estimate of drug-likeness (QED) is 0.746. The first-order valence-electron chi connectivity index (χ1n) is 7.50. The highest BCUT2D eigenvalue weighted by Crippen LogP contribution is 2.28. The zero-order chi connectivity index (χ0) is 17.5. The van der Waals surface area contributed by atoms with E-state index in [-0.39, 0.29) is 11.9 Å². The van der Waals surface area contributed by atoms with Gasteiger partial charge in [-0.3, -0.25) is 4.79 Å². The standard InChI is InChI=1S/C19H20BrNO3/c1-13(15-8-10-18(24-3)16(20)12-15)21-19(22)11-9-14-6-4-5-7-17(14)23-2/h4-13H,1-3H3,(H,21,22)/b11-9+/t13-/m0/s1. The Morgan fingerprint density at radius 3 is 2.50 bits per heavy atom. The van der Waals surface area contributed by atoms with E-state index in [2.05, 4.69) is 21.2 Å². The first-order chi connectivity index (χ1) is 11.5. The molecule has 1 atom stereocenters. The van der Waals surface area contributed by atoms with Crippen LogP contribution in [0.15, 0.2) is 53.0 Å². The lowest BCUT2D eigenvalue weighted by atomic mass is 10.1. The summed E-state index contributed by atoms with van der Waals surface area (Å²) in [4.78, 5) is 12.1. The predicted molar refractivity (Wildman–Crippen MR) is 99.3 cm³/mol. The maximum absolute atomic E-state index is 12.1. The first-order valence-corrected chi connectivity index (χ1v) is 8.29. The van der Waals surface area contributed by atoms with Gasteiger partial charge in [-0.25, -0.2) is 0 Å². The summed E-state index contributed by atoms with van der Waals surface area (Å²) in [7, 11) is 3.23. The van der Waals surface area contributed by atoms with Crippen LogP contribution in [0.5, 0.6) is 11.5 Å². The number of hydrogen-bond acceptors (Lipinski definition) is 3. The molecule has 0 radical (unpaired) electrons. The van der Waals surface area contributed by atoms with Crippen molar-refractivity contribution in [1.82, 2.24) is 5.32 Å². The van der Waals surface area contributed by atoms with Crippen LogP contribution in [0.25, 0.3) is 6.08 Å². The average Bonchev–Trinajstić information content (AvgIpc) is 2.60. The average molecular weight is 390 g/mol. The zero-order valence-corrected chi connectivity index (χ0v) is 15.5. The van der Waals surface area contributed by atoms with E-state index in [0.29, 0.717) is 0 Å². The molecular formula is C19H20BrNO3. The number of carbonyl (C=O) groups excluding carboxylic acids is 1. The van der Waals surface area contributed by atoms with Crippen molar-refractivity contribution in [3.8, 4) is 11.5 Å². The van der Waals surface area contributed by atoms with Gasteiger partial charge in [-0.2, -0.15) is 0 Å². The smallest absolute Gasteiger partial charge is 0.244 e. The molecular weight excluding hydrogens is 370 g/mol. The molecule has 0 fully saturated rings. The van der Waals surface area contributed by atoms with Gasteiger partial charge in [0.1, 0.15) is 11.5 Å². The maximum Gasteiger partial charge on any atom is 0.244 e. The predicted octanol–water partition coefficient (Wildman–Crippen LogP) is 4.36. The van der Waals surface area contributed by atoms with E-state index in [1.165, 1.54) is 6.08 Å². The van der Waals surface area contributed by atoms with E-state index in [4.69, 9.17) is 9.47 Å². The molecule has 0 aliphatic rings. The Hall–Kier alpha value is -2.27. The number of halogens is 1. The minimum Gasteiger partial charge on any atom is -0.496 e. The number of ether oxygens (including phenoxy) is 2. The highest BCUT2D eigenvalue weighted by Gasteiger charge is 2.10. The van der Waals surface area contributed by atoms with Gasteiger partial charge in [0.05, 0.1) is 24.7 Å². The van der Waals surface area contributed by atoms with Crippen molar-refractivity contribution in [2.45, 2.75) is 13.0 Å². The lowest BCUT2D eigenvalue weighted by Gasteiger charge is -2.14. The van der Waals surface area contributed by atoms with Gasteiger partial charge < -0.3 is 14.8 Å². The molecule has 0 aliphatic heterocycles. The maximum atomic E-state index is 12.1. The summed E-state index contributed by atoms with van der Waals surface area (Å²) in [5, 5.41) is 2.94. The third kappa shape index (κ3) is 4.61. The number of nitrogens with one attached hydrogen (secondary N) is 1. The minimum atomic E-state index is -0.166. The minimum absolute atomic E-state index is 0.123. The van der Waals surface area contributed by atoms with Crippen molar-refractivity contribution in [3.05, 3.63) is 64.1 Å². The van der Waals surface area contributed by atoms with Gasteiger partial charge in [0.15, 0.2) is 0 Å². The van der Waals surface area contributed by atoms with Gasteiger partial charge in [0.2, 0.25) is 5.91 Å². The third-order valence-electron chi connectivity index (χ3n) is 3.59. The Morgan fingerprint density at radius 1 is 1.12 bits per heavy atom. The lowest BCUT2D eigenvalue weighted by molar-refractivity contribution is -0.117. The topological polar surface area (TPSA) is 47.6 Å². The number of amides is 1. The second-order valence-corrected chi connectivity index (χ2v) is 6.05. The second-order valence-electron chi connectivity index (χ2n) is 5.20. The summed E-state index contributed by atoms with van der Waals surface area (Å²) in [6.07, 6.45) is 3.25. The Kier molecular flexibility index (Phi) is 6.44. The van der Waals surface area contributed by atoms with Gasteiger partial charge in [0, 0.05) is 11.6 Å². The SMILES string of the molecule is COc1ccc([C@H](C)NC(=O)/C=C/c2ccccc2OC)cc1Br. The van der Waals surface area contributed by atoms with Gasteiger partial charge in [-0.15, -0.1) is 0 Å². The molecule has 0 aliphatic carbocycles. The van der Waals surface area contributed by atoms with E-state index < -0.39 is 0 Å². The van der Waals surface area contributed by atoms with E-state index in [9.17, 15) is 4.79 Å². The van der Waals surface area contributed by atoms with Gasteiger partial charge in [-0.1, -0.05) is 24.3 Å². The van der Waals surface area contributed by atoms with E-state index >= 15 is 0 Å². The molecule has 0 spiro atoms. The molecule has 4 nitrogen and oxygen atoms in total. The van der Waals surface area contributed by atoms with Crippen molar-refractivity contribution in [2.24, 2.45) is 0 Å². The van der Waals surface area contributed by atoms with Crippen LogP contribution < -0.4 is 14.8 Å². The number of para-hydroxylation sites is 1. The van der Waals surface area contributed by atoms with Crippen LogP contribution >= 0.6 is 15.9 Å². The highest BCUT2D eigenvalue weighted by atomic mass is 79.9. The number of benzene rings is 2. The van der Waals surface area contributed by atoms with Crippen LogP contribution in [0.4, 0.5) is 0 Å². The van der Waals surface area contributed by atoms with E-state index in [1.54, 1.807) is 20.3 Å². The fraction of sp³-hybridized carbons (Fsp3) is 0.211. The molecule has 24 heavy (non-hydrogen) atoms. The van der Waals surface area contributed by atoms with E-state index in [1.807, 2.05) is 49.4 Å². The number of hydrogen-bond donors (Lipinski definition) is 1. The first kappa shape index (κ1) is 18.1. The molecule has 2 aromatic carbocycles. The molecule has 0 heterocycles. The Morgan fingerprint density at radius 2 is 1.83 bits per heavy atom. The lowest BCUT2D eigenvalue weighted by Crippen LogP contribution is -2.24. The van der Waals surface area contributed by atoms with Crippen molar-refractivity contribution in [1.29, 1.82) is 0 Å². The molecule has 2 rings (SSSR count). The van der Waals surface area contributed by atoms with Crippen molar-refractivity contribution in [3.63, 3.8) is 0 Å². The Bertz CT molecular complexity index is 743. The summed E-state index contributed by atoms with van der Waals surface area (Å²) < 4.78 is 11.3.